The molecule has 4 aromatic rings. The molecule has 124 valence electrons. The van der Waals surface area contributed by atoms with E-state index in [2.05, 4.69) is 22.1 Å². The highest BCUT2D eigenvalue weighted by Gasteiger charge is 2.12. The smallest absolute Gasteiger partial charge is 0.260 e. The lowest BCUT2D eigenvalue weighted by molar-refractivity contribution is 1.04. The average molecular weight is 364 g/mol. The number of benzene rings is 2. The molecule has 0 saturated carbocycles. The molecule has 0 bridgehead atoms. The molecule has 0 amide bonds. The highest BCUT2D eigenvalue weighted by atomic mass is 32.2. The summed E-state index contributed by atoms with van der Waals surface area (Å²) in [6, 6.07) is 20.3. The number of rotatable bonds is 5. The normalized spacial score (nSPS) is 11.0. The van der Waals surface area contributed by atoms with Crippen molar-refractivity contribution in [2.24, 2.45) is 0 Å². The Hall–Kier alpha value is -2.37. The summed E-state index contributed by atoms with van der Waals surface area (Å²) < 4.78 is 0. The Kier molecular flexibility index (Phi) is 4.68. The average Bonchev–Trinajstić information content (AvgIpc) is 3.08. The predicted molar refractivity (Wildman–Crippen MR) is 107 cm³/mol. The molecule has 0 radical (unpaired) electrons. The third-order valence-corrected chi connectivity index (χ3v) is 5.82. The first-order valence-corrected chi connectivity index (χ1v) is 10.0. The second-order valence-electron chi connectivity index (χ2n) is 5.69. The van der Waals surface area contributed by atoms with Crippen LogP contribution in [0, 0.1) is 0 Å². The molecule has 0 aliphatic rings. The third kappa shape index (κ3) is 3.52. The first-order valence-electron chi connectivity index (χ1n) is 7.99. The zero-order valence-corrected chi connectivity index (χ0v) is 15.1. The van der Waals surface area contributed by atoms with E-state index >= 15 is 0 Å². The molecule has 1 N–H and O–H groups in total. The van der Waals surface area contributed by atoms with Crippen LogP contribution in [-0.4, -0.2) is 9.97 Å². The molecule has 0 fully saturated rings. The molecule has 2 aromatic heterocycles. The van der Waals surface area contributed by atoms with E-state index in [0.717, 1.165) is 27.5 Å². The van der Waals surface area contributed by atoms with Crippen LogP contribution in [0.1, 0.15) is 11.4 Å². The fourth-order valence-corrected chi connectivity index (χ4v) is 4.56. The van der Waals surface area contributed by atoms with Gasteiger partial charge in [0, 0.05) is 16.7 Å². The SMILES string of the molecule is O=c1[nH]c(CSCc2ccccc2)nc2scc(-c3ccccc3)c12. The Morgan fingerprint density at radius 2 is 1.68 bits per heavy atom. The van der Waals surface area contributed by atoms with Crippen LogP contribution in [0.2, 0.25) is 0 Å². The van der Waals surface area contributed by atoms with E-state index in [-0.39, 0.29) is 5.56 Å². The number of thioether (sulfide) groups is 1. The van der Waals surface area contributed by atoms with Crippen molar-refractivity contribution >= 4 is 33.3 Å². The molecule has 0 aliphatic heterocycles. The summed E-state index contributed by atoms with van der Waals surface area (Å²) >= 11 is 3.28. The van der Waals surface area contributed by atoms with Crippen molar-refractivity contribution in [3.05, 3.63) is 87.8 Å². The van der Waals surface area contributed by atoms with Gasteiger partial charge >= 0.3 is 0 Å². The molecule has 3 nitrogen and oxygen atoms in total. The van der Waals surface area contributed by atoms with Crippen LogP contribution in [0.15, 0.2) is 70.8 Å². The minimum absolute atomic E-state index is 0.0552. The van der Waals surface area contributed by atoms with E-state index in [0.29, 0.717) is 11.1 Å². The maximum atomic E-state index is 12.6. The number of hydrogen-bond acceptors (Lipinski definition) is 4. The van der Waals surface area contributed by atoms with Gasteiger partial charge in [-0.1, -0.05) is 60.7 Å². The van der Waals surface area contributed by atoms with Gasteiger partial charge in [0.05, 0.1) is 11.1 Å². The van der Waals surface area contributed by atoms with Crippen LogP contribution in [0.25, 0.3) is 21.3 Å². The van der Waals surface area contributed by atoms with Crippen molar-refractivity contribution in [3.8, 4) is 11.1 Å². The minimum atomic E-state index is -0.0552. The summed E-state index contributed by atoms with van der Waals surface area (Å²) in [4.78, 5) is 21.0. The summed E-state index contributed by atoms with van der Waals surface area (Å²) in [7, 11) is 0. The van der Waals surface area contributed by atoms with Crippen LogP contribution in [0.3, 0.4) is 0 Å². The monoisotopic (exact) mass is 364 g/mol. The number of nitrogens with zero attached hydrogens (tertiary/aromatic N) is 1. The third-order valence-electron chi connectivity index (χ3n) is 3.93. The molecule has 0 spiro atoms. The lowest BCUT2D eigenvalue weighted by Crippen LogP contribution is -2.10. The number of H-pyrrole nitrogens is 1. The van der Waals surface area contributed by atoms with E-state index in [9.17, 15) is 4.79 Å². The highest BCUT2D eigenvalue weighted by molar-refractivity contribution is 7.97. The van der Waals surface area contributed by atoms with Crippen LogP contribution in [0.4, 0.5) is 0 Å². The quantitative estimate of drug-likeness (QED) is 0.537. The number of thiophene rings is 1. The van der Waals surface area contributed by atoms with Crippen molar-refractivity contribution in [3.63, 3.8) is 0 Å². The van der Waals surface area contributed by atoms with E-state index in [4.69, 9.17) is 0 Å². The van der Waals surface area contributed by atoms with Gasteiger partial charge in [0.15, 0.2) is 0 Å². The van der Waals surface area contributed by atoms with Crippen molar-refractivity contribution in [2.45, 2.75) is 11.5 Å². The number of hydrogen-bond donors (Lipinski definition) is 1. The van der Waals surface area contributed by atoms with Gasteiger partial charge in [-0.2, -0.15) is 0 Å². The molecule has 4 rings (SSSR count). The van der Waals surface area contributed by atoms with Gasteiger partial charge in [0.2, 0.25) is 0 Å². The first kappa shape index (κ1) is 16.1. The van der Waals surface area contributed by atoms with Gasteiger partial charge < -0.3 is 4.98 Å². The lowest BCUT2D eigenvalue weighted by Gasteiger charge is -2.03. The fourth-order valence-electron chi connectivity index (χ4n) is 2.73. The van der Waals surface area contributed by atoms with Crippen molar-refractivity contribution in [1.82, 2.24) is 9.97 Å². The Bertz CT molecular complexity index is 1040. The minimum Gasteiger partial charge on any atom is -0.309 e. The number of aromatic nitrogens is 2. The van der Waals surface area contributed by atoms with Crippen LogP contribution >= 0.6 is 23.1 Å². The van der Waals surface area contributed by atoms with Gasteiger partial charge in [-0.3, -0.25) is 4.79 Å². The molecule has 5 heteroatoms. The second-order valence-corrected chi connectivity index (χ2v) is 7.53. The zero-order valence-electron chi connectivity index (χ0n) is 13.4. The van der Waals surface area contributed by atoms with E-state index in [1.54, 1.807) is 11.8 Å². The fraction of sp³-hybridized carbons (Fsp3) is 0.100. The molecule has 0 atom stereocenters. The molecule has 0 unspecified atom stereocenters. The molecule has 25 heavy (non-hydrogen) atoms. The Morgan fingerprint density at radius 3 is 2.44 bits per heavy atom. The zero-order chi connectivity index (χ0) is 17.1. The molecule has 2 heterocycles. The van der Waals surface area contributed by atoms with Crippen molar-refractivity contribution in [1.29, 1.82) is 0 Å². The van der Waals surface area contributed by atoms with Crippen molar-refractivity contribution in [2.75, 3.05) is 0 Å². The highest BCUT2D eigenvalue weighted by Crippen LogP contribution is 2.30. The van der Waals surface area contributed by atoms with Crippen molar-refractivity contribution < 1.29 is 0 Å². The summed E-state index contributed by atoms with van der Waals surface area (Å²) in [5.74, 6) is 2.33. The summed E-state index contributed by atoms with van der Waals surface area (Å²) in [5.41, 5.74) is 3.23. The topological polar surface area (TPSA) is 45.8 Å². The van der Waals surface area contributed by atoms with E-state index in [1.807, 2.05) is 53.9 Å². The van der Waals surface area contributed by atoms with Gasteiger partial charge in [-0.15, -0.1) is 23.1 Å². The maximum absolute atomic E-state index is 12.6. The van der Waals surface area contributed by atoms with Crippen LogP contribution < -0.4 is 5.56 Å². The molecular formula is C20H16N2OS2. The molecular weight excluding hydrogens is 348 g/mol. The summed E-state index contributed by atoms with van der Waals surface area (Å²) in [6.07, 6.45) is 0. The maximum Gasteiger partial charge on any atom is 0.260 e. The Balaban J connectivity index is 1.57. The van der Waals surface area contributed by atoms with Gasteiger partial charge in [-0.25, -0.2) is 4.98 Å². The molecule has 2 aromatic carbocycles. The predicted octanol–water partition coefficient (Wildman–Crippen LogP) is 5.09. The van der Waals surface area contributed by atoms with Gasteiger partial charge in [0.1, 0.15) is 10.7 Å². The number of nitrogens with one attached hydrogen (secondary N) is 1. The molecule has 0 saturated heterocycles. The standard InChI is InChI=1S/C20H16N2OS2/c23-19-18-16(15-9-5-2-6-10-15)12-25-20(18)22-17(21-19)13-24-11-14-7-3-1-4-8-14/h1-10,12H,11,13H2,(H,21,22,23). The lowest BCUT2D eigenvalue weighted by atomic mass is 10.1. The van der Waals surface area contributed by atoms with Crippen LogP contribution in [0.5, 0.6) is 0 Å². The largest absolute Gasteiger partial charge is 0.309 e. The summed E-state index contributed by atoms with van der Waals surface area (Å²) in [6.45, 7) is 0. The summed E-state index contributed by atoms with van der Waals surface area (Å²) in [5, 5.41) is 2.70. The number of fused-ring (bicyclic) bond motifs is 1. The van der Waals surface area contributed by atoms with E-state index in [1.165, 1.54) is 16.9 Å². The Labute approximate surface area is 153 Å². The second kappa shape index (κ2) is 7.25. The Morgan fingerprint density at radius 1 is 0.960 bits per heavy atom. The van der Waals surface area contributed by atoms with Gasteiger partial charge in [0.25, 0.3) is 5.56 Å². The van der Waals surface area contributed by atoms with E-state index < -0.39 is 0 Å². The molecule has 0 aliphatic carbocycles. The van der Waals surface area contributed by atoms with Crippen LogP contribution in [-0.2, 0) is 11.5 Å². The number of aromatic amines is 1. The first-order chi connectivity index (χ1) is 12.3. The van der Waals surface area contributed by atoms with Gasteiger partial charge in [-0.05, 0) is 11.1 Å².